The van der Waals surface area contributed by atoms with Crippen molar-refractivity contribution in [2.75, 3.05) is 57.4 Å². The number of primary amides is 1. The minimum absolute atomic E-state index is 0.120. The number of carbonyl (C=O) groups excluding carboxylic acids is 1. The number of nitrogens with one attached hydrogen (secondary N) is 1. The van der Waals surface area contributed by atoms with Crippen molar-refractivity contribution in [1.82, 2.24) is 19.0 Å². The van der Waals surface area contributed by atoms with Gasteiger partial charge in [-0.2, -0.15) is 5.10 Å². The number of fused-ring (bicyclic) bond motifs is 1. The molecule has 4 rings (SSSR count). The van der Waals surface area contributed by atoms with E-state index in [1.54, 1.807) is 17.4 Å². The SMILES string of the molecule is CCS(=O)(=O)N1CCC(C2CNc3c(C(N)=O)cc(-c4cnn(CCN(C)CCO)c4)cc32)CC1. The summed E-state index contributed by atoms with van der Waals surface area (Å²) in [7, 11) is -1.21. The Hall–Kier alpha value is -2.47. The van der Waals surface area contributed by atoms with E-state index in [-0.39, 0.29) is 18.3 Å². The predicted molar refractivity (Wildman–Crippen MR) is 136 cm³/mol. The van der Waals surface area contributed by atoms with E-state index in [2.05, 4.69) is 16.5 Å². The first-order valence-corrected chi connectivity index (χ1v) is 13.9. The number of hydrogen-bond acceptors (Lipinski definition) is 7. The van der Waals surface area contributed by atoms with E-state index < -0.39 is 15.9 Å². The molecule has 10 nitrogen and oxygen atoms in total. The second-order valence-corrected chi connectivity index (χ2v) is 11.8. The number of carbonyl (C=O) groups is 1. The highest BCUT2D eigenvalue weighted by Crippen LogP contribution is 2.44. The molecule has 1 saturated heterocycles. The van der Waals surface area contributed by atoms with Gasteiger partial charge < -0.3 is 21.1 Å². The Labute approximate surface area is 207 Å². The Morgan fingerprint density at radius 1 is 1.26 bits per heavy atom. The molecule has 2 aromatic rings. The van der Waals surface area contributed by atoms with Crippen molar-refractivity contribution in [2.45, 2.75) is 32.2 Å². The van der Waals surface area contributed by atoms with Crippen molar-refractivity contribution in [1.29, 1.82) is 0 Å². The van der Waals surface area contributed by atoms with Gasteiger partial charge in [0, 0.05) is 50.4 Å². The molecule has 0 saturated carbocycles. The molecule has 3 heterocycles. The smallest absolute Gasteiger partial charge is 0.250 e. The lowest BCUT2D eigenvalue weighted by Gasteiger charge is -2.34. The molecule has 1 atom stereocenters. The third-order valence-corrected chi connectivity index (χ3v) is 9.20. The fourth-order valence-corrected chi connectivity index (χ4v) is 6.32. The van der Waals surface area contributed by atoms with Gasteiger partial charge in [-0.3, -0.25) is 9.48 Å². The van der Waals surface area contributed by atoms with Crippen LogP contribution < -0.4 is 11.1 Å². The number of nitrogens with zero attached hydrogens (tertiary/aromatic N) is 4. The van der Waals surface area contributed by atoms with E-state index in [0.29, 0.717) is 44.2 Å². The Bertz CT molecular complexity index is 1160. The molecule has 1 unspecified atom stereocenters. The van der Waals surface area contributed by atoms with Crippen molar-refractivity contribution >= 4 is 21.6 Å². The summed E-state index contributed by atoms with van der Waals surface area (Å²) in [6.07, 6.45) is 5.34. The van der Waals surface area contributed by atoms with Gasteiger partial charge in [-0.05, 0) is 56.0 Å². The van der Waals surface area contributed by atoms with Gasteiger partial charge in [0.05, 0.1) is 36.4 Å². The average Bonchev–Trinajstić information content (AvgIpc) is 3.49. The molecule has 1 amide bonds. The summed E-state index contributed by atoms with van der Waals surface area (Å²) in [5, 5.41) is 16.9. The minimum atomic E-state index is -3.17. The fraction of sp³-hybridized carbons (Fsp3) is 0.583. The Kier molecular flexibility index (Phi) is 7.80. The number of nitrogens with two attached hydrogens (primary N) is 1. The normalized spacial score (nSPS) is 19.1. The van der Waals surface area contributed by atoms with E-state index in [0.717, 1.165) is 41.8 Å². The third kappa shape index (κ3) is 5.53. The summed E-state index contributed by atoms with van der Waals surface area (Å²) < 4.78 is 28.0. The van der Waals surface area contributed by atoms with Gasteiger partial charge in [-0.25, -0.2) is 12.7 Å². The van der Waals surface area contributed by atoms with Crippen LogP contribution in [0.1, 0.15) is 41.6 Å². The first-order chi connectivity index (χ1) is 16.7. The third-order valence-electron chi connectivity index (χ3n) is 7.32. The lowest BCUT2D eigenvalue weighted by atomic mass is 9.80. The highest BCUT2D eigenvalue weighted by Gasteiger charge is 2.36. The van der Waals surface area contributed by atoms with Crippen LogP contribution in [-0.2, 0) is 16.6 Å². The largest absolute Gasteiger partial charge is 0.395 e. The van der Waals surface area contributed by atoms with Crippen LogP contribution in [0.2, 0.25) is 0 Å². The standard InChI is InChI=1S/C24H36N6O4S/c1-3-35(33,34)30-6-4-17(5-7-30)22-15-26-23-20(22)12-18(13-21(23)24(25)32)19-14-27-29(16-19)9-8-28(2)10-11-31/h12-14,16-17,22,26,31H,3-11,15H2,1-2H3,(H2,25,32). The molecule has 0 bridgehead atoms. The number of aliphatic hydroxyl groups is 1. The molecule has 35 heavy (non-hydrogen) atoms. The number of sulfonamides is 1. The van der Waals surface area contributed by atoms with Gasteiger partial charge in [-0.1, -0.05) is 0 Å². The van der Waals surface area contributed by atoms with Crippen LogP contribution >= 0.6 is 0 Å². The molecule has 0 radical (unpaired) electrons. The minimum Gasteiger partial charge on any atom is -0.395 e. The van der Waals surface area contributed by atoms with Crippen LogP contribution in [0.4, 0.5) is 5.69 Å². The summed E-state index contributed by atoms with van der Waals surface area (Å²) in [6, 6.07) is 3.95. The van der Waals surface area contributed by atoms with Gasteiger partial charge in [0.2, 0.25) is 10.0 Å². The lowest BCUT2D eigenvalue weighted by molar-refractivity contribution is 0.100. The van der Waals surface area contributed by atoms with E-state index in [1.165, 1.54) is 0 Å². The van der Waals surface area contributed by atoms with E-state index in [4.69, 9.17) is 10.8 Å². The van der Waals surface area contributed by atoms with E-state index in [1.807, 2.05) is 28.9 Å². The highest BCUT2D eigenvalue weighted by atomic mass is 32.2. The molecule has 2 aliphatic rings. The number of aromatic nitrogens is 2. The zero-order valence-electron chi connectivity index (χ0n) is 20.5. The number of aliphatic hydroxyl groups excluding tert-OH is 1. The number of rotatable bonds is 10. The second-order valence-electron chi connectivity index (χ2n) is 9.50. The van der Waals surface area contributed by atoms with Gasteiger partial charge in [0.15, 0.2) is 0 Å². The predicted octanol–water partition coefficient (Wildman–Crippen LogP) is 1.14. The zero-order chi connectivity index (χ0) is 25.2. The van der Waals surface area contributed by atoms with Gasteiger partial charge in [0.1, 0.15) is 0 Å². The zero-order valence-corrected chi connectivity index (χ0v) is 21.3. The summed E-state index contributed by atoms with van der Waals surface area (Å²) >= 11 is 0. The molecule has 2 aliphatic heterocycles. The Morgan fingerprint density at radius 2 is 2.00 bits per heavy atom. The fourth-order valence-electron chi connectivity index (χ4n) is 5.19. The van der Waals surface area contributed by atoms with Crippen molar-refractivity contribution in [3.8, 4) is 11.1 Å². The topological polar surface area (TPSA) is 134 Å². The molecular formula is C24H36N6O4S. The molecular weight excluding hydrogens is 468 g/mol. The van der Waals surface area contributed by atoms with Crippen LogP contribution in [0, 0.1) is 5.92 Å². The highest BCUT2D eigenvalue weighted by molar-refractivity contribution is 7.89. The van der Waals surface area contributed by atoms with Crippen molar-refractivity contribution in [3.05, 3.63) is 35.7 Å². The maximum atomic E-state index is 12.3. The van der Waals surface area contributed by atoms with Crippen molar-refractivity contribution in [2.24, 2.45) is 11.7 Å². The second kappa shape index (κ2) is 10.7. The molecule has 192 valence electrons. The molecule has 1 fully saturated rings. The van der Waals surface area contributed by atoms with Crippen molar-refractivity contribution in [3.63, 3.8) is 0 Å². The number of benzene rings is 1. The molecule has 1 aromatic heterocycles. The van der Waals surface area contributed by atoms with Crippen LogP contribution in [-0.4, -0.2) is 90.5 Å². The Balaban J connectivity index is 1.55. The number of anilines is 1. The lowest BCUT2D eigenvalue weighted by Crippen LogP contribution is -2.40. The van der Waals surface area contributed by atoms with Crippen LogP contribution in [0.3, 0.4) is 0 Å². The number of hydrogen-bond donors (Lipinski definition) is 3. The maximum absolute atomic E-state index is 12.3. The summed E-state index contributed by atoms with van der Waals surface area (Å²) in [5.74, 6) is 0.171. The van der Waals surface area contributed by atoms with Gasteiger partial charge >= 0.3 is 0 Å². The average molecular weight is 505 g/mol. The number of likely N-dealkylation sites (N-methyl/N-ethyl adjacent to an activating group) is 1. The van der Waals surface area contributed by atoms with Gasteiger partial charge in [-0.15, -0.1) is 0 Å². The van der Waals surface area contributed by atoms with E-state index in [9.17, 15) is 13.2 Å². The summed E-state index contributed by atoms with van der Waals surface area (Å²) in [6.45, 7) is 5.64. The first-order valence-electron chi connectivity index (χ1n) is 12.2. The number of piperidine rings is 1. The monoisotopic (exact) mass is 504 g/mol. The van der Waals surface area contributed by atoms with Crippen LogP contribution in [0.5, 0.6) is 0 Å². The Morgan fingerprint density at radius 3 is 2.66 bits per heavy atom. The molecule has 1 aromatic carbocycles. The van der Waals surface area contributed by atoms with Crippen LogP contribution in [0.15, 0.2) is 24.5 Å². The summed E-state index contributed by atoms with van der Waals surface area (Å²) in [4.78, 5) is 14.4. The summed E-state index contributed by atoms with van der Waals surface area (Å²) in [5.41, 5.74) is 9.91. The first kappa shape index (κ1) is 25.6. The van der Waals surface area contributed by atoms with Crippen molar-refractivity contribution < 1.29 is 18.3 Å². The van der Waals surface area contributed by atoms with Crippen LogP contribution in [0.25, 0.3) is 11.1 Å². The molecule has 0 aliphatic carbocycles. The molecule has 0 spiro atoms. The van der Waals surface area contributed by atoms with Gasteiger partial charge in [0.25, 0.3) is 5.91 Å². The number of amides is 1. The quantitative estimate of drug-likeness (QED) is 0.442. The maximum Gasteiger partial charge on any atom is 0.250 e. The van der Waals surface area contributed by atoms with E-state index >= 15 is 0 Å². The molecule has 11 heteroatoms. The molecule has 4 N–H and O–H groups in total.